The Bertz CT molecular complexity index is 605. The minimum atomic E-state index is -1.15. The molecule has 0 aliphatic carbocycles. The lowest BCUT2D eigenvalue weighted by Gasteiger charge is -2.38. The summed E-state index contributed by atoms with van der Waals surface area (Å²) in [5.41, 5.74) is 0.499. The molecule has 22 heavy (non-hydrogen) atoms. The zero-order chi connectivity index (χ0) is 16.4. The molecule has 0 fully saturated rings. The molecular formula is C16H23BN2O3. The molecule has 118 valence electrons. The number of hydrogen-bond donors (Lipinski definition) is 3. The molecule has 0 radical (unpaired) electrons. The highest BCUT2D eigenvalue weighted by Gasteiger charge is 2.40. The van der Waals surface area contributed by atoms with Gasteiger partial charge in [-0.15, -0.1) is 0 Å². The second kappa shape index (κ2) is 6.24. The molecule has 1 aromatic heterocycles. The molecule has 3 N–H and O–H groups in total. The van der Waals surface area contributed by atoms with E-state index in [4.69, 9.17) is 4.65 Å². The minimum Gasteiger partial charge on any atom is -0.423 e. The lowest BCUT2D eigenvalue weighted by atomic mass is 9.76. The second-order valence-corrected chi connectivity index (χ2v) is 6.51. The Hall–Kier alpha value is -1.63. The normalized spacial score (nSPS) is 12.5. The Morgan fingerprint density at radius 1 is 1.18 bits per heavy atom. The van der Waals surface area contributed by atoms with E-state index < -0.39 is 18.3 Å². The number of benzene rings is 1. The maximum absolute atomic E-state index is 10.4. The van der Waals surface area contributed by atoms with E-state index in [1.807, 2.05) is 30.3 Å². The van der Waals surface area contributed by atoms with Crippen molar-refractivity contribution in [3.05, 3.63) is 47.8 Å². The molecule has 2 aromatic rings. The van der Waals surface area contributed by atoms with Crippen molar-refractivity contribution in [2.75, 3.05) is 0 Å². The van der Waals surface area contributed by atoms with Gasteiger partial charge in [-0.3, -0.25) is 5.10 Å². The molecule has 0 saturated heterocycles. The summed E-state index contributed by atoms with van der Waals surface area (Å²) in [4.78, 5) is 0. The fourth-order valence-electron chi connectivity index (χ4n) is 1.96. The van der Waals surface area contributed by atoms with Crippen LogP contribution in [0.5, 0.6) is 0 Å². The average molecular weight is 302 g/mol. The molecule has 0 unspecified atom stereocenters. The molecule has 0 aliphatic rings. The Balaban J connectivity index is 2.15. The van der Waals surface area contributed by atoms with E-state index in [9.17, 15) is 10.1 Å². The van der Waals surface area contributed by atoms with Crippen molar-refractivity contribution in [2.24, 2.45) is 0 Å². The quantitative estimate of drug-likeness (QED) is 0.702. The van der Waals surface area contributed by atoms with Gasteiger partial charge in [0, 0.05) is 23.8 Å². The molecule has 1 aromatic carbocycles. The van der Waals surface area contributed by atoms with E-state index in [1.54, 1.807) is 33.9 Å². The number of nitrogens with zero attached hydrogens (tertiary/aromatic N) is 1. The van der Waals surface area contributed by atoms with Crippen LogP contribution in [0, 0.1) is 0 Å². The first-order valence-corrected chi connectivity index (χ1v) is 7.35. The van der Waals surface area contributed by atoms with Crippen LogP contribution in [-0.2, 0) is 11.1 Å². The molecule has 0 spiro atoms. The molecule has 0 bridgehead atoms. The summed E-state index contributed by atoms with van der Waals surface area (Å²) >= 11 is 0. The van der Waals surface area contributed by atoms with Crippen LogP contribution >= 0.6 is 0 Å². The van der Waals surface area contributed by atoms with Gasteiger partial charge in [0.15, 0.2) is 0 Å². The number of nitrogens with one attached hydrogen (secondary N) is 1. The summed E-state index contributed by atoms with van der Waals surface area (Å²) in [6, 6.07) is 9.92. The van der Waals surface area contributed by atoms with Gasteiger partial charge in [0.05, 0.1) is 11.2 Å². The molecular weight excluding hydrogens is 279 g/mol. The molecule has 0 aliphatic heterocycles. The smallest absolute Gasteiger partial charge is 0.423 e. The Labute approximate surface area is 131 Å². The zero-order valence-corrected chi connectivity index (χ0v) is 13.5. The highest BCUT2D eigenvalue weighted by Crippen LogP contribution is 2.25. The Kier molecular flexibility index (Phi) is 4.75. The summed E-state index contributed by atoms with van der Waals surface area (Å²) in [6.07, 6.45) is 2.18. The monoisotopic (exact) mass is 302 g/mol. The van der Waals surface area contributed by atoms with Crippen LogP contribution in [0.3, 0.4) is 0 Å². The van der Waals surface area contributed by atoms with Crippen molar-refractivity contribution >= 4 is 12.6 Å². The summed E-state index contributed by atoms with van der Waals surface area (Å²) in [7, 11) is -1.15. The van der Waals surface area contributed by atoms with Gasteiger partial charge in [-0.05, 0) is 33.3 Å². The van der Waals surface area contributed by atoms with Crippen LogP contribution in [0.15, 0.2) is 36.5 Å². The summed E-state index contributed by atoms with van der Waals surface area (Å²) in [5, 5.41) is 27.4. The van der Waals surface area contributed by atoms with Crippen LogP contribution in [0.2, 0.25) is 0 Å². The third kappa shape index (κ3) is 3.77. The Morgan fingerprint density at radius 2 is 1.82 bits per heavy atom. The lowest BCUT2D eigenvalue weighted by molar-refractivity contribution is -0.0982. The van der Waals surface area contributed by atoms with Crippen molar-refractivity contribution in [1.29, 1.82) is 0 Å². The third-order valence-electron chi connectivity index (χ3n) is 4.12. The van der Waals surface area contributed by atoms with Gasteiger partial charge >= 0.3 is 7.12 Å². The van der Waals surface area contributed by atoms with Crippen LogP contribution in [0.25, 0.3) is 0 Å². The minimum absolute atomic E-state index is 0.584. The fourth-order valence-corrected chi connectivity index (χ4v) is 1.96. The first-order chi connectivity index (χ1) is 10.2. The van der Waals surface area contributed by atoms with E-state index in [2.05, 4.69) is 10.2 Å². The zero-order valence-electron chi connectivity index (χ0n) is 13.5. The third-order valence-corrected chi connectivity index (χ3v) is 4.12. The Morgan fingerprint density at radius 3 is 2.41 bits per heavy atom. The van der Waals surface area contributed by atoms with Crippen molar-refractivity contribution < 1.29 is 14.8 Å². The lowest BCUT2D eigenvalue weighted by Crippen LogP contribution is -2.53. The van der Waals surface area contributed by atoms with Crippen molar-refractivity contribution in [1.82, 2.24) is 10.2 Å². The van der Waals surface area contributed by atoms with Crippen molar-refractivity contribution in [2.45, 2.75) is 45.3 Å². The highest BCUT2D eigenvalue weighted by molar-refractivity contribution is 6.60. The number of aromatic nitrogens is 2. The second-order valence-electron chi connectivity index (χ2n) is 6.51. The molecule has 2 rings (SSSR count). The predicted octanol–water partition coefficient (Wildman–Crippen LogP) is 1.25. The van der Waals surface area contributed by atoms with E-state index in [-0.39, 0.29) is 0 Å². The van der Waals surface area contributed by atoms with Crippen LogP contribution in [-0.4, -0.2) is 38.6 Å². The molecule has 0 amide bonds. The standard InChI is InChI=1S/C16H23BN2O3/c1-15(2,20)16(3,4)22-17(21)13-11-18-19-14(13)10-12-8-6-5-7-9-12/h5-9,11,20-21H,10H2,1-4H3,(H,18,19). The van der Waals surface area contributed by atoms with E-state index in [0.717, 1.165) is 11.3 Å². The first-order valence-electron chi connectivity index (χ1n) is 7.35. The molecule has 0 atom stereocenters. The van der Waals surface area contributed by atoms with Gasteiger partial charge in [-0.25, -0.2) is 0 Å². The first kappa shape index (κ1) is 16.7. The van der Waals surface area contributed by atoms with E-state index >= 15 is 0 Å². The topological polar surface area (TPSA) is 78.4 Å². The van der Waals surface area contributed by atoms with E-state index in [1.165, 1.54) is 0 Å². The fraction of sp³-hybridized carbons (Fsp3) is 0.438. The average Bonchev–Trinajstić information content (AvgIpc) is 2.86. The summed E-state index contributed by atoms with van der Waals surface area (Å²) in [6.45, 7) is 6.79. The summed E-state index contributed by atoms with van der Waals surface area (Å²) < 4.78 is 5.67. The molecule has 5 nitrogen and oxygen atoms in total. The van der Waals surface area contributed by atoms with Gasteiger partial charge in [0.25, 0.3) is 0 Å². The number of aliphatic hydroxyl groups is 1. The number of aromatic amines is 1. The number of H-pyrrole nitrogens is 1. The molecule has 0 saturated carbocycles. The van der Waals surface area contributed by atoms with Crippen LogP contribution < -0.4 is 5.46 Å². The van der Waals surface area contributed by atoms with Gasteiger partial charge in [-0.1, -0.05) is 30.3 Å². The predicted molar refractivity (Wildman–Crippen MR) is 86.9 cm³/mol. The summed E-state index contributed by atoms with van der Waals surface area (Å²) in [5.74, 6) is 0. The van der Waals surface area contributed by atoms with Gasteiger partial charge < -0.3 is 14.8 Å². The van der Waals surface area contributed by atoms with Crippen molar-refractivity contribution in [3.8, 4) is 0 Å². The SMILES string of the molecule is CC(C)(O)C(C)(C)OB(O)c1cn[nH]c1Cc1ccccc1. The molecule has 1 heterocycles. The molecule has 6 heteroatoms. The van der Waals surface area contributed by atoms with E-state index in [0.29, 0.717) is 11.9 Å². The maximum atomic E-state index is 10.4. The number of rotatable bonds is 6. The number of hydrogen-bond acceptors (Lipinski definition) is 4. The van der Waals surface area contributed by atoms with Crippen LogP contribution in [0.4, 0.5) is 0 Å². The van der Waals surface area contributed by atoms with Gasteiger partial charge in [0.2, 0.25) is 0 Å². The largest absolute Gasteiger partial charge is 0.495 e. The van der Waals surface area contributed by atoms with Gasteiger partial charge in [-0.2, -0.15) is 5.10 Å². The van der Waals surface area contributed by atoms with Gasteiger partial charge in [0.1, 0.15) is 0 Å². The van der Waals surface area contributed by atoms with Crippen LogP contribution in [0.1, 0.15) is 39.0 Å². The van der Waals surface area contributed by atoms with Crippen molar-refractivity contribution in [3.63, 3.8) is 0 Å². The highest BCUT2D eigenvalue weighted by atomic mass is 16.5. The maximum Gasteiger partial charge on any atom is 0.495 e.